The zero-order chi connectivity index (χ0) is 13.9. The summed E-state index contributed by atoms with van der Waals surface area (Å²) >= 11 is 0. The van der Waals surface area contributed by atoms with Crippen LogP contribution in [0.15, 0.2) is 54.6 Å². The first-order valence-electron chi connectivity index (χ1n) is 6.26. The number of phenols is 1. The van der Waals surface area contributed by atoms with Crippen LogP contribution < -0.4 is 0 Å². The number of aryl methyl sites for hydroxylation is 1. The molecular weight excluding hydrogens is 236 g/mol. The number of rotatable bonds is 3. The first-order valence-corrected chi connectivity index (χ1v) is 6.26. The van der Waals surface area contributed by atoms with Crippen LogP contribution in [0.4, 0.5) is 0 Å². The Hall–Kier alpha value is -2.06. The Kier molecular flexibility index (Phi) is 3.72. The fourth-order valence-corrected chi connectivity index (χ4v) is 1.93. The fourth-order valence-electron chi connectivity index (χ4n) is 1.93. The molecular formula is C17H18O2. The van der Waals surface area contributed by atoms with Crippen molar-refractivity contribution in [2.45, 2.75) is 19.4 Å². The van der Waals surface area contributed by atoms with E-state index in [-0.39, 0.29) is 5.75 Å². The highest BCUT2D eigenvalue weighted by molar-refractivity contribution is 5.53. The smallest absolute Gasteiger partial charge is 0.121 e. The molecule has 0 aliphatic rings. The molecule has 2 aromatic carbocycles. The third-order valence-electron chi connectivity index (χ3n) is 3.13. The first-order chi connectivity index (χ1) is 8.99. The van der Waals surface area contributed by atoms with E-state index in [2.05, 4.69) is 0 Å². The van der Waals surface area contributed by atoms with E-state index in [1.54, 1.807) is 37.3 Å². The topological polar surface area (TPSA) is 40.5 Å². The second-order valence-electron chi connectivity index (χ2n) is 4.91. The average molecular weight is 254 g/mol. The summed E-state index contributed by atoms with van der Waals surface area (Å²) in [6, 6.07) is 14.8. The van der Waals surface area contributed by atoms with Crippen LogP contribution in [0.3, 0.4) is 0 Å². The average Bonchev–Trinajstić information content (AvgIpc) is 2.38. The summed E-state index contributed by atoms with van der Waals surface area (Å²) in [4.78, 5) is 0. The van der Waals surface area contributed by atoms with E-state index in [9.17, 15) is 10.2 Å². The van der Waals surface area contributed by atoms with Gasteiger partial charge in [0.25, 0.3) is 0 Å². The number of para-hydroxylation sites is 1. The molecule has 2 heteroatoms. The van der Waals surface area contributed by atoms with Crippen LogP contribution in [0.25, 0.3) is 6.08 Å². The summed E-state index contributed by atoms with van der Waals surface area (Å²) in [7, 11) is 0. The molecule has 0 spiro atoms. The molecule has 0 aliphatic heterocycles. The van der Waals surface area contributed by atoms with Gasteiger partial charge in [0.15, 0.2) is 0 Å². The second-order valence-corrected chi connectivity index (χ2v) is 4.91. The predicted octanol–water partition coefficient (Wildman–Crippen LogP) is 3.62. The zero-order valence-corrected chi connectivity index (χ0v) is 11.2. The second kappa shape index (κ2) is 5.29. The quantitative estimate of drug-likeness (QED) is 0.878. The minimum absolute atomic E-state index is 0.0982. The highest BCUT2D eigenvalue weighted by Gasteiger charge is 2.22. The van der Waals surface area contributed by atoms with Crippen molar-refractivity contribution >= 4 is 6.08 Å². The molecule has 0 heterocycles. The molecule has 1 unspecified atom stereocenters. The molecule has 0 saturated carbocycles. The SMILES string of the molecule is Cc1ccc(/C=C/C(C)(O)c2ccccc2O)cc1. The van der Waals surface area contributed by atoms with Crippen molar-refractivity contribution in [3.05, 3.63) is 71.3 Å². The van der Waals surface area contributed by atoms with Gasteiger partial charge in [-0.05, 0) is 31.6 Å². The molecule has 2 N–H and O–H groups in total. The summed E-state index contributed by atoms with van der Waals surface area (Å²) in [5.74, 6) is 0.0982. The van der Waals surface area contributed by atoms with Crippen LogP contribution in [0, 0.1) is 6.92 Å². The Bertz CT molecular complexity index is 580. The predicted molar refractivity (Wildman–Crippen MR) is 77.9 cm³/mol. The number of aromatic hydroxyl groups is 1. The molecule has 1 atom stereocenters. The van der Waals surface area contributed by atoms with Gasteiger partial charge < -0.3 is 10.2 Å². The maximum Gasteiger partial charge on any atom is 0.121 e. The Labute approximate surface area is 113 Å². The van der Waals surface area contributed by atoms with Gasteiger partial charge in [0.05, 0.1) is 0 Å². The van der Waals surface area contributed by atoms with Gasteiger partial charge in [-0.1, -0.05) is 54.1 Å². The molecule has 0 radical (unpaired) electrons. The number of phenolic OH excluding ortho intramolecular Hbond substituents is 1. The minimum Gasteiger partial charge on any atom is -0.508 e. The Morgan fingerprint density at radius 1 is 1.00 bits per heavy atom. The van der Waals surface area contributed by atoms with Crippen molar-refractivity contribution in [3.8, 4) is 5.75 Å². The molecule has 98 valence electrons. The Morgan fingerprint density at radius 3 is 2.26 bits per heavy atom. The summed E-state index contributed by atoms with van der Waals surface area (Å²) in [5, 5.41) is 20.2. The van der Waals surface area contributed by atoms with Crippen molar-refractivity contribution in [2.75, 3.05) is 0 Å². The third-order valence-corrected chi connectivity index (χ3v) is 3.13. The van der Waals surface area contributed by atoms with E-state index in [0.717, 1.165) is 5.56 Å². The standard InChI is InChI=1S/C17H18O2/c1-13-7-9-14(10-8-13)11-12-17(2,19)15-5-3-4-6-16(15)18/h3-12,18-19H,1-2H3/b12-11+. The normalized spacial score (nSPS) is 14.5. The van der Waals surface area contributed by atoms with E-state index in [1.165, 1.54) is 5.56 Å². The lowest BCUT2D eigenvalue weighted by Crippen LogP contribution is -2.17. The van der Waals surface area contributed by atoms with Gasteiger partial charge in [0.1, 0.15) is 11.4 Å². The molecule has 0 aliphatic carbocycles. The summed E-state index contributed by atoms with van der Waals surface area (Å²) in [5.41, 5.74) is 1.51. The van der Waals surface area contributed by atoms with Crippen LogP contribution >= 0.6 is 0 Å². The number of hydrogen-bond acceptors (Lipinski definition) is 2. The van der Waals surface area contributed by atoms with E-state index < -0.39 is 5.60 Å². The molecule has 2 nitrogen and oxygen atoms in total. The Balaban J connectivity index is 2.26. The largest absolute Gasteiger partial charge is 0.508 e. The van der Waals surface area contributed by atoms with Gasteiger partial charge >= 0.3 is 0 Å². The van der Waals surface area contributed by atoms with E-state index in [1.807, 2.05) is 37.3 Å². The van der Waals surface area contributed by atoms with Gasteiger partial charge in [-0.2, -0.15) is 0 Å². The van der Waals surface area contributed by atoms with Gasteiger partial charge in [-0.15, -0.1) is 0 Å². The van der Waals surface area contributed by atoms with Crippen LogP contribution in [0.5, 0.6) is 5.75 Å². The van der Waals surface area contributed by atoms with Gasteiger partial charge in [-0.25, -0.2) is 0 Å². The molecule has 2 rings (SSSR count). The first kappa shape index (κ1) is 13.4. The molecule has 2 aromatic rings. The van der Waals surface area contributed by atoms with Crippen LogP contribution in [-0.4, -0.2) is 10.2 Å². The molecule has 0 aromatic heterocycles. The molecule has 0 bridgehead atoms. The fraction of sp³-hybridized carbons (Fsp3) is 0.176. The molecule has 0 amide bonds. The molecule has 19 heavy (non-hydrogen) atoms. The highest BCUT2D eigenvalue weighted by atomic mass is 16.3. The van der Waals surface area contributed by atoms with Gasteiger partial charge in [0.2, 0.25) is 0 Å². The van der Waals surface area contributed by atoms with E-state index >= 15 is 0 Å². The lowest BCUT2D eigenvalue weighted by molar-refractivity contribution is 0.109. The van der Waals surface area contributed by atoms with Crippen LogP contribution in [0.2, 0.25) is 0 Å². The lowest BCUT2D eigenvalue weighted by atomic mass is 9.94. The summed E-state index contributed by atoms with van der Waals surface area (Å²) in [6.07, 6.45) is 3.54. The maximum absolute atomic E-state index is 10.4. The van der Waals surface area contributed by atoms with E-state index in [0.29, 0.717) is 5.56 Å². The van der Waals surface area contributed by atoms with Crippen LogP contribution in [0.1, 0.15) is 23.6 Å². The lowest BCUT2D eigenvalue weighted by Gasteiger charge is -2.20. The monoisotopic (exact) mass is 254 g/mol. The molecule has 0 saturated heterocycles. The van der Waals surface area contributed by atoms with Crippen molar-refractivity contribution in [1.82, 2.24) is 0 Å². The summed E-state index contributed by atoms with van der Waals surface area (Å²) < 4.78 is 0. The van der Waals surface area contributed by atoms with Gasteiger partial charge in [-0.3, -0.25) is 0 Å². The Morgan fingerprint density at radius 2 is 1.63 bits per heavy atom. The minimum atomic E-state index is -1.20. The van der Waals surface area contributed by atoms with Crippen molar-refractivity contribution in [2.24, 2.45) is 0 Å². The van der Waals surface area contributed by atoms with Crippen molar-refractivity contribution < 1.29 is 10.2 Å². The van der Waals surface area contributed by atoms with E-state index in [4.69, 9.17) is 0 Å². The number of aliphatic hydroxyl groups is 1. The third kappa shape index (κ3) is 3.24. The van der Waals surface area contributed by atoms with Crippen molar-refractivity contribution in [1.29, 1.82) is 0 Å². The maximum atomic E-state index is 10.4. The highest BCUT2D eigenvalue weighted by Crippen LogP contribution is 2.30. The number of hydrogen-bond donors (Lipinski definition) is 2. The van der Waals surface area contributed by atoms with Crippen LogP contribution in [-0.2, 0) is 5.60 Å². The summed E-state index contributed by atoms with van der Waals surface area (Å²) in [6.45, 7) is 3.69. The number of benzene rings is 2. The van der Waals surface area contributed by atoms with Gasteiger partial charge in [0, 0.05) is 5.56 Å². The van der Waals surface area contributed by atoms with Crippen molar-refractivity contribution in [3.63, 3.8) is 0 Å². The zero-order valence-electron chi connectivity index (χ0n) is 11.2. The molecule has 0 fully saturated rings.